The van der Waals surface area contributed by atoms with E-state index in [-0.39, 0.29) is 0 Å². The second-order valence-electron chi connectivity index (χ2n) is 8.59. The summed E-state index contributed by atoms with van der Waals surface area (Å²) in [5.74, 6) is 0. The molecule has 0 unspecified atom stereocenters. The van der Waals surface area contributed by atoms with Crippen molar-refractivity contribution in [3.05, 3.63) is 122 Å². The highest BCUT2D eigenvalue weighted by Gasteiger charge is 2.18. The molecule has 2 heterocycles. The quantitative estimate of drug-likeness (QED) is 0.256. The van der Waals surface area contributed by atoms with Crippen molar-refractivity contribution in [1.82, 2.24) is 9.97 Å². The molecule has 158 valence electrons. The summed E-state index contributed by atoms with van der Waals surface area (Å²) in [6.07, 6.45) is 3.72. The highest BCUT2D eigenvalue weighted by molar-refractivity contribution is 6.24. The average molecular weight is 433 g/mol. The van der Waals surface area contributed by atoms with Crippen molar-refractivity contribution in [1.29, 1.82) is 0 Å². The predicted octanol–water partition coefficient (Wildman–Crippen LogP) is 8.42. The number of rotatable bonds is 2. The van der Waals surface area contributed by atoms with Crippen LogP contribution in [0.3, 0.4) is 0 Å². The summed E-state index contributed by atoms with van der Waals surface area (Å²) >= 11 is 0. The standard InChI is InChI=1S/C32H20N2/c1-2-10-26-25(9-1)31(23-13-5-17-29-21(23)15-7-19-33-29)27-11-3-4-12-28(27)32(26)24-14-6-18-30-22(24)16-8-20-34-30/h1-20H. The van der Waals surface area contributed by atoms with E-state index in [0.29, 0.717) is 0 Å². The molecule has 34 heavy (non-hydrogen) atoms. The largest absolute Gasteiger partial charge is 0.256 e. The maximum Gasteiger partial charge on any atom is 0.0708 e. The SMILES string of the molecule is c1cc(-c2c3ccccc3c(-c3cccc4ncccc34)c3ccccc23)c2cccnc2c1. The van der Waals surface area contributed by atoms with E-state index in [2.05, 4.69) is 107 Å². The first-order chi connectivity index (χ1) is 16.9. The summed E-state index contributed by atoms with van der Waals surface area (Å²) in [4.78, 5) is 9.24. The molecule has 0 aliphatic rings. The van der Waals surface area contributed by atoms with E-state index in [9.17, 15) is 0 Å². The van der Waals surface area contributed by atoms with Crippen LogP contribution >= 0.6 is 0 Å². The molecule has 5 aromatic carbocycles. The Morgan fingerprint density at radius 2 is 0.706 bits per heavy atom. The Bertz CT molecular complexity index is 1660. The normalized spacial score (nSPS) is 11.5. The van der Waals surface area contributed by atoms with Crippen LogP contribution in [0.2, 0.25) is 0 Å². The fraction of sp³-hybridized carbons (Fsp3) is 0. The van der Waals surface area contributed by atoms with Gasteiger partial charge in [-0.2, -0.15) is 0 Å². The van der Waals surface area contributed by atoms with Crippen molar-refractivity contribution in [3.63, 3.8) is 0 Å². The molecule has 7 rings (SSSR count). The van der Waals surface area contributed by atoms with Gasteiger partial charge in [-0.1, -0.05) is 84.9 Å². The lowest BCUT2D eigenvalue weighted by atomic mass is 9.84. The maximum atomic E-state index is 4.62. The second-order valence-corrected chi connectivity index (χ2v) is 8.59. The fourth-order valence-electron chi connectivity index (χ4n) is 5.35. The Hall–Kier alpha value is -4.56. The topological polar surface area (TPSA) is 25.8 Å². The van der Waals surface area contributed by atoms with E-state index in [0.717, 1.165) is 11.0 Å². The summed E-state index contributed by atoms with van der Waals surface area (Å²) in [5, 5.41) is 7.31. The second kappa shape index (κ2) is 7.50. The number of fused-ring (bicyclic) bond motifs is 4. The van der Waals surface area contributed by atoms with Crippen LogP contribution in [0.5, 0.6) is 0 Å². The third kappa shape index (κ3) is 2.76. The zero-order chi connectivity index (χ0) is 22.5. The van der Waals surface area contributed by atoms with E-state index in [4.69, 9.17) is 0 Å². The van der Waals surface area contributed by atoms with Crippen molar-refractivity contribution in [3.8, 4) is 22.3 Å². The maximum absolute atomic E-state index is 4.62. The number of hydrogen-bond donors (Lipinski definition) is 0. The van der Waals surface area contributed by atoms with Gasteiger partial charge in [0.15, 0.2) is 0 Å². The first-order valence-electron chi connectivity index (χ1n) is 11.5. The zero-order valence-corrected chi connectivity index (χ0v) is 18.4. The van der Waals surface area contributed by atoms with E-state index in [1.165, 1.54) is 54.6 Å². The lowest BCUT2D eigenvalue weighted by Gasteiger charge is -2.19. The molecule has 0 radical (unpaired) electrons. The summed E-state index contributed by atoms with van der Waals surface area (Å²) in [6.45, 7) is 0. The van der Waals surface area contributed by atoms with Gasteiger partial charge in [0.1, 0.15) is 0 Å². The van der Waals surface area contributed by atoms with Gasteiger partial charge in [-0.3, -0.25) is 9.97 Å². The van der Waals surface area contributed by atoms with Crippen LogP contribution in [-0.2, 0) is 0 Å². The smallest absolute Gasteiger partial charge is 0.0708 e. The number of pyridine rings is 2. The highest BCUT2D eigenvalue weighted by Crippen LogP contribution is 2.46. The predicted molar refractivity (Wildman–Crippen MR) is 143 cm³/mol. The molecule has 2 nitrogen and oxygen atoms in total. The van der Waals surface area contributed by atoms with Gasteiger partial charge in [-0.05, 0) is 68.1 Å². The molecule has 0 saturated carbocycles. The van der Waals surface area contributed by atoms with E-state index >= 15 is 0 Å². The van der Waals surface area contributed by atoms with Gasteiger partial charge in [0.2, 0.25) is 0 Å². The van der Waals surface area contributed by atoms with E-state index in [1.807, 2.05) is 24.5 Å². The summed E-state index contributed by atoms with van der Waals surface area (Å²) in [6, 6.07) is 38.8. The first-order valence-corrected chi connectivity index (χ1v) is 11.5. The van der Waals surface area contributed by atoms with Gasteiger partial charge >= 0.3 is 0 Å². The third-order valence-corrected chi connectivity index (χ3v) is 6.76. The molecule has 0 aliphatic heterocycles. The summed E-state index contributed by atoms with van der Waals surface area (Å²) in [5.41, 5.74) is 6.96. The van der Waals surface area contributed by atoms with E-state index in [1.54, 1.807) is 0 Å². The minimum atomic E-state index is 1.01. The summed E-state index contributed by atoms with van der Waals surface area (Å²) in [7, 11) is 0. The van der Waals surface area contributed by atoms with Gasteiger partial charge in [0.05, 0.1) is 11.0 Å². The number of benzene rings is 5. The van der Waals surface area contributed by atoms with Gasteiger partial charge in [-0.25, -0.2) is 0 Å². The Balaban J connectivity index is 1.70. The molecule has 0 amide bonds. The van der Waals surface area contributed by atoms with Crippen molar-refractivity contribution in [2.24, 2.45) is 0 Å². The molecular weight excluding hydrogens is 412 g/mol. The monoisotopic (exact) mass is 432 g/mol. The molecule has 0 atom stereocenters. The van der Waals surface area contributed by atoms with Crippen LogP contribution in [0.4, 0.5) is 0 Å². The molecule has 2 aromatic heterocycles. The van der Waals surface area contributed by atoms with Crippen molar-refractivity contribution >= 4 is 43.4 Å². The first kappa shape index (κ1) is 19.0. The lowest BCUT2D eigenvalue weighted by molar-refractivity contribution is 1.41. The van der Waals surface area contributed by atoms with Crippen molar-refractivity contribution < 1.29 is 0 Å². The van der Waals surface area contributed by atoms with Crippen LogP contribution in [0.15, 0.2) is 122 Å². The highest BCUT2D eigenvalue weighted by atomic mass is 14.6. The van der Waals surface area contributed by atoms with Crippen LogP contribution in [0.1, 0.15) is 0 Å². The molecule has 0 spiro atoms. The van der Waals surface area contributed by atoms with Crippen molar-refractivity contribution in [2.45, 2.75) is 0 Å². The van der Waals surface area contributed by atoms with Gasteiger partial charge in [0.25, 0.3) is 0 Å². The zero-order valence-electron chi connectivity index (χ0n) is 18.4. The molecule has 2 heteroatoms. The van der Waals surface area contributed by atoms with Gasteiger partial charge in [0, 0.05) is 23.2 Å². The minimum absolute atomic E-state index is 1.01. The minimum Gasteiger partial charge on any atom is -0.256 e. The molecule has 0 fully saturated rings. The van der Waals surface area contributed by atoms with Crippen LogP contribution in [0, 0.1) is 0 Å². The Kier molecular flexibility index (Phi) is 4.18. The molecule has 0 bridgehead atoms. The lowest BCUT2D eigenvalue weighted by Crippen LogP contribution is -1.92. The Morgan fingerprint density at radius 1 is 0.324 bits per heavy atom. The molecule has 7 aromatic rings. The Labute approximate surface area is 197 Å². The molecule has 0 N–H and O–H groups in total. The molecule has 0 saturated heterocycles. The molecule has 0 aliphatic carbocycles. The van der Waals surface area contributed by atoms with Crippen molar-refractivity contribution in [2.75, 3.05) is 0 Å². The van der Waals surface area contributed by atoms with Gasteiger partial charge < -0.3 is 0 Å². The molecular formula is C32H20N2. The van der Waals surface area contributed by atoms with Gasteiger partial charge in [-0.15, -0.1) is 0 Å². The number of nitrogens with zero attached hydrogens (tertiary/aromatic N) is 2. The van der Waals surface area contributed by atoms with Crippen LogP contribution in [0.25, 0.3) is 65.6 Å². The Morgan fingerprint density at radius 3 is 1.12 bits per heavy atom. The number of hydrogen-bond acceptors (Lipinski definition) is 2. The number of aromatic nitrogens is 2. The average Bonchev–Trinajstić information content (AvgIpc) is 2.91. The van der Waals surface area contributed by atoms with Crippen LogP contribution < -0.4 is 0 Å². The summed E-state index contributed by atoms with van der Waals surface area (Å²) < 4.78 is 0. The van der Waals surface area contributed by atoms with Crippen LogP contribution in [-0.4, -0.2) is 9.97 Å². The van der Waals surface area contributed by atoms with E-state index < -0.39 is 0 Å². The fourth-order valence-corrected chi connectivity index (χ4v) is 5.35. The third-order valence-electron chi connectivity index (χ3n) is 6.76.